The van der Waals surface area contributed by atoms with Crippen LogP contribution in [-0.4, -0.2) is 16.7 Å². The van der Waals surface area contributed by atoms with Gasteiger partial charge >= 0.3 is 0 Å². The van der Waals surface area contributed by atoms with Gasteiger partial charge in [0, 0.05) is 13.5 Å². The van der Waals surface area contributed by atoms with Gasteiger partial charge in [-0.25, -0.2) is 8.78 Å². The summed E-state index contributed by atoms with van der Waals surface area (Å²) < 4.78 is 33.0. The van der Waals surface area contributed by atoms with Crippen LogP contribution >= 0.6 is 11.8 Å². The molecule has 108 valence electrons. The Bertz CT molecular complexity index is 566. The number of aryl methyl sites for hydroxylation is 1. The highest BCUT2D eigenvalue weighted by Gasteiger charge is 2.15. The molecular weight excluding hydrogens is 284 g/mol. The van der Waals surface area contributed by atoms with Crippen molar-refractivity contribution in [3.05, 3.63) is 35.2 Å². The molecule has 20 heavy (non-hydrogen) atoms. The van der Waals surface area contributed by atoms with Crippen LogP contribution in [0.2, 0.25) is 0 Å². The molecule has 0 saturated heterocycles. The molecule has 1 heterocycles. The zero-order valence-electron chi connectivity index (χ0n) is 11.2. The van der Waals surface area contributed by atoms with Crippen LogP contribution in [0, 0.1) is 18.6 Å². The number of benzene rings is 1. The highest BCUT2D eigenvalue weighted by Crippen LogP contribution is 2.31. The van der Waals surface area contributed by atoms with Crippen LogP contribution in [0.25, 0.3) is 0 Å². The van der Waals surface area contributed by atoms with E-state index in [9.17, 15) is 8.78 Å². The summed E-state index contributed by atoms with van der Waals surface area (Å²) in [5.74, 6) is -0.896. The van der Waals surface area contributed by atoms with Crippen molar-refractivity contribution in [1.82, 2.24) is 15.5 Å². The molecule has 7 heteroatoms. The number of nitrogens with one attached hydrogen (secondary N) is 1. The summed E-state index contributed by atoms with van der Waals surface area (Å²) >= 11 is 0.788. The lowest BCUT2D eigenvalue weighted by atomic mass is 10.2. The van der Waals surface area contributed by atoms with E-state index in [1.807, 2.05) is 6.92 Å². The Morgan fingerprint density at radius 2 is 1.95 bits per heavy atom. The quantitative estimate of drug-likeness (QED) is 0.829. The predicted molar refractivity (Wildman–Crippen MR) is 71.5 cm³/mol. The summed E-state index contributed by atoms with van der Waals surface area (Å²) in [6.07, 6.45) is 0.968. The van der Waals surface area contributed by atoms with Gasteiger partial charge in [0.25, 0.3) is 5.22 Å². The third-order valence-electron chi connectivity index (χ3n) is 2.51. The van der Waals surface area contributed by atoms with Gasteiger partial charge in [0.05, 0.1) is 4.90 Å². The van der Waals surface area contributed by atoms with Gasteiger partial charge in [-0.05, 0) is 42.4 Å². The summed E-state index contributed by atoms with van der Waals surface area (Å²) in [4.78, 5) is -0.132. The molecule has 1 aromatic carbocycles. The summed E-state index contributed by atoms with van der Waals surface area (Å²) in [6.45, 7) is 4.89. The van der Waals surface area contributed by atoms with Gasteiger partial charge in [-0.15, -0.1) is 10.2 Å². The van der Waals surface area contributed by atoms with E-state index in [0.717, 1.165) is 24.7 Å². The fourth-order valence-electron chi connectivity index (χ4n) is 1.63. The minimum atomic E-state index is -0.626. The number of rotatable bonds is 6. The highest BCUT2D eigenvalue weighted by atomic mass is 32.2. The number of halogens is 2. The third kappa shape index (κ3) is 3.77. The van der Waals surface area contributed by atoms with Crippen LogP contribution in [-0.2, 0) is 6.54 Å². The SMILES string of the molecule is CCCNCc1cc(F)c(Sc2nnc(C)o2)c(F)c1. The molecule has 0 unspecified atom stereocenters. The lowest BCUT2D eigenvalue weighted by Crippen LogP contribution is -2.14. The smallest absolute Gasteiger partial charge is 0.281 e. The van der Waals surface area contributed by atoms with E-state index in [0.29, 0.717) is 18.0 Å². The Hall–Kier alpha value is -1.47. The van der Waals surface area contributed by atoms with Crippen LogP contribution in [0.4, 0.5) is 8.78 Å². The fraction of sp³-hybridized carbons (Fsp3) is 0.385. The van der Waals surface area contributed by atoms with E-state index in [4.69, 9.17) is 4.42 Å². The zero-order valence-corrected chi connectivity index (χ0v) is 12.1. The van der Waals surface area contributed by atoms with E-state index < -0.39 is 11.6 Å². The molecule has 0 amide bonds. The second-order valence-electron chi connectivity index (χ2n) is 4.25. The Morgan fingerprint density at radius 3 is 2.50 bits per heavy atom. The van der Waals surface area contributed by atoms with Crippen LogP contribution in [0.5, 0.6) is 0 Å². The van der Waals surface area contributed by atoms with Crippen molar-refractivity contribution in [2.75, 3.05) is 6.54 Å². The van der Waals surface area contributed by atoms with Crippen molar-refractivity contribution in [2.45, 2.75) is 36.9 Å². The largest absolute Gasteiger partial charge is 0.416 e. The van der Waals surface area contributed by atoms with Gasteiger partial charge in [-0.2, -0.15) is 0 Å². The molecule has 2 aromatic rings. The summed E-state index contributed by atoms with van der Waals surface area (Å²) in [6, 6.07) is 2.63. The molecule has 0 aliphatic rings. The lowest BCUT2D eigenvalue weighted by Gasteiger charge is -2.07. The van der Waals surface area contributed by atoms with E-state index in [1.165, 1.54) is 12.1 Å². The first-order valence-electron chi connectivity index (χ1n) is 6.26. The number of aromatic nitrogens is 2. The van der Waals surface area contributed by atoms with Gasteiger partial charge in [0.1, 0.15) is 11.6 Å². The summed E-state index contributed by atoms with van der Waals surface area (Å²) in [5, 5.41) is 10.5. The number of nitrogens with zero attached hydrogens (tertiary/aromatic N) is 2. The van der Waals surface area contributed by atoms with Crippen molar-refractivity contribution in [2.24, 2.45) is 0 Å². The Kier molecular flexibility index (Phi) is 5.08. The first-order valence-corrected chi connectivity index (χ1v) is 7.08. The molecular formula is C13H15F2N3OS. The fourth-order valence-corrected chi connectivity index (χ4v) is 2.36. The molecule has 0 radical (unpaired) electrons. The molecule has 0 atom stereocenters. The monoisotopic (exact) mass is 299 g/mol. The third-order valence-corrected chi connectivity index (χ3v) is 3.44. The molecule has 0 spiro atoms. The molecule has 2 rings (SSSR count). The Morgan fingerprint density at radius 1 is 1.25 bits per heavy atom. The normalized spacial score (nSPS) is 11.0. The van der Waals surface area contributed by atoms with Crippen molar-refractivity contribution in [3.8, 4) is 0 Å². The minimum Gasteiger partial charge on any atom is -0.416 e. The van der Waals surface area contributed by atoms with Crippen molar-refractivity contribution in [1.29, 1.82) is 0 Å². The number of hydrogen-bond donors (Lipinski definition) is 1. The maximum Gasteiger partial charge on any atom is 0.281 e. The van der Waals surface area contributed by atoms with Gasteiger partial charge in [0.15, 0.2) is 0 Å². The van der Waals surface area contributed by atoms with Crippen LogP contribution in [0.1, 0.15) is 24.8 Å². The molecule has 0 fully saturated rings. The highest BCUT2D eigenvalue weighted by molar-refractivity contribution is 7.99. The standard InChI is InChI=1S/C13H15F2N3OS/c1-3-4-16-7-9-5-10(14)12(11(15)6-9)20-13-18-17-8(2)19-13/h5-6,16H,3-4,7H2,1-2H3. The predicted octanol–water partition coefficient (Wildman–Crippen LogP) is 3.31. The van der Waals surface area contributed by atoms with Crippen molar-refractivity contribution in [3.63, 3.8) is 0 Å². The summed E-state index contributed by atoms with van der Waals surface area (Å²) in [5.41, 5.74) is 0.569. The van der Waals surface area contributed by atoms with E-state index >= 15 is 0 Å². The molecule has 0 aliphatic carbocycles. The van der Waals surface area contributed by atoms with E-state index in [-0.39, 0.29) is 10.1 Å². The van der Waals surface area contributed by atoms with E-state index in [2.05, 4.69) is 15.5 Å². The molecule has 1 aromatic heterocycles. The maximum atomic E-state index is 13.9. The average molecular weight is 299 g/mol. The first-order chi connectivity index (χ1) is 9.60. The van der Waals surface area contributed by atoms with Crippen LogP contribution in [0.3, 0.4) is 0 Å². The second-order valence-corrected chi connectivity index (χ2v) is 5.22. The molecule has 0 bridgehead atoms. The minimum absolute atomic E-state index is 0.122. The molecule has 0 aliphatic heterocycles. The lowest BCUT2D eigenvalue weighted by molar-refractivity contribution is 0.427. The maximum absolute atomic E-state index is 13.9. The van der Waals surface area contributed by atoms with Gasteiger partial charge in [-0.3, -0.25) is 0 Å². The second kappa shape index (κ2) is 6.81. The first kappa shape index (κ1) is 14.9. The van der Waals surface area contributed by atoms with E-state index in [1.54, 1.807) is 6.92 Å². The Labute approximate surface area is 120 Å². The molecule has 1 N–H and O–H groups in total. The molecule has 0 saturated carbocycles. The summed E-state index contributed by atoms with van der Waals surface area (Å²) in [7, 11) is 0. The zero-order chi connectivity index (χ0) is 14.5. The van der Waals surface area contributed by atoms with Gasteiger partial charge in [0.2, 0.25) is 5.89 Å². The average Bonchev–Trinajstić information content (AvgIpc) is 2.80. The van der Waals surface area contributed by atoms with Gasteiger partial charge in [-0.1, -0.05) is 6.92 Å². The van der Waals surface area contributed by atoms with Crippen molar-refractivity contribution < 1.29 is 13.2 Å². The van der Waals surface area contributed by atoms with Crippen LogP contribution in [0.15, 0.2) is 26.7 Å². The Balaban J connectivity index is 2.14. The topological polar surface area (TPSA) is 51.0 Å². The number of hydrogen-bond acceptors (Lipinski definition) is 5. The molecule has 4 nitrogen and oxygen atoms in total. The van der Waals surface area contributed by atoms with Crippen LogP contribution < -0.4 is 5.32 Å². The van der Waals surface area contributed by atoms with Gasteiger partial charge < -0.3 is 9.73 Å². The van der Waals surface area contributed by atoms with Crippen molar-refractivity contribution >= 4 is 11.8 Å².